The molecule has 0 aromatic carbocycles. The molecule has 1 aromatic heterocycles. The van der Waals surface area contributed by atoms with E-state index in [9.17, 15) is 0 Å². The molecule has 3 nitrogen and oxygen atoms in total. The topological polar surface area (TPSA) is 40.7 Å². The summed E-state index contributed by atoms with van der Waals surface area (Å²) in [6.07, 6.45) is 1.95. The van der Waals surface area contributed by atoms with E-state index in [1.54, 1.807) is 0 Å². The Morgan fingerprint density at radius 2 is 2.36 bits per heavy atom. The molecule has 0 unspecified atom stereocenters. The third-order valence-corrected chi connectivity index (χ3v) is 1.67. The molecule has 1 aromatic rings. The first-order chi connectivity index (χ1) is 5.25. The zero-order chi connectivity index (χ0) is 8.27. The maximum absolute atomic E-state index is 4.17. The summed E-state index contributed by atoms with van der Waals surface area (Å²) in [5, 5.41) is 10.1. The summed E-state index contributed by atoms with van der Waals surface area (Å²) < 4.78 is 0. The van der Waals surface area contributed by atoms with Crippen LogP contribution < -0.4 is 5.32 Å². The molecule has 2 N–H and O–H groups in total. The van der Waals surface area contributed by atoms with Crippen molar-refractivity contribution >= 4 is 0 Å². The Kier molecular flexibility index (Phi) is 2.65. The van der Waals surface area contributed by atoms with E-state index >= 15 is 0 Å². The second-order valence-electron chi connectivity index (χ2n) is 2.98. The van der Waals surface area contributed by atoms with Crippen molar-refractivity contribution in [2.24, 2.45) is 0 Å². The minimum atomic E-state index is 0.504. The van der Waals surface area contributed by atoms with E-state index in [4.69, 9.17) is 0 Å². The summed E-state index contributed by atoms with van der Waals surface area (Å²) >= 11 is 0. The molecule has 0 aliphatic rings. The van der Waals surface area contributed by atoms with Gasteiger partial charge in [-0.15, -0.1) is 0 Å². The molecular formula is C8H15N3. The van der Waals surface area contributed by atoms with Crippen molar-refractivity contribution in [3.63, 3.8) is 0 Å². The van der Waals surface area contributed by atoms with Crippen LogP contribution in [0, 0.1) is 0 Å². The van der Waals surface area contributed by atoms with E-state index in [0.29, 0.717) is 5.92 Å². The largest absolute Gasteiger partial charge is 0.316 e. The number of hydrogen-bond acceptors (Lipinski definition) is 2. The van der Waals surface area contributed by atoms with Gasteiger partial charge in [0, 0.05) is 18.3 Å². The van der Waals surface area contributed by atoms with Gasteiger partial charge in [-0.05, 0) is 13.0 Å². The van der Waals surface area contributed by atoms with E-state index in [-0.39, 0.29) is 0 Å². The average molecular weight is 153 g/mol. The molecule has 0 amide bonds. The quantitative estimate of drug-likeness (QED) is 0.686. The van der Waals surface area contributed by atoms with E-state index in [1.165, 1.54) is 11.3 Å². The monoisotopic (exact) mass is 153 g/mol. The lowest BCUT2D eigenvalue weighted by Crippen LogP contribution is -2.06. The summed E-state index contributed by atoms with van der Waals surface area (Å²) in [5.41, 5.74) is 2.43. The van der Waals surface area contributed by atoms with Gasteiger partial charge in [0.1, 0.15) is 0 Å². The first-order valence-corrected chi connectivity index (χ1v) is 3.93. The second-order valence-corrected chi connectivity index (χ2v) is 2.98. The normalized spacial score (nSPS) is 10.9. The minimum absolute atomic E-state index is 0.504. The van der Waals surface area contributed by atoms with Crippen LogP contribution in [0.4, 0.5) is 0 Å². The predicted molar refractivity (Wildman–Crippen MR) is 45.4 cm³/mol. The van der Waals surface area contributed by atoms with E-state index in [0.717, 1.165) is 6.54 Å². The number of aromatic nitrogens is 2. The number of nitrogens with zero attached hydrogens (tertiary/aromatic N) is 1. The lowest BCUT2D eigenvalue weighted by molar-refractivity contribution is 0.760. The molecule has 0 fully saturated rings. The van der Waals surface area contributed by atoms with E-state index in [1.807, 2.05) is 13.2 Å². The molecule has 11 heavy (non-hydrogen) atoms. The smallest absolute Gasteiger partial charge is 0.0692 e. The molecule has 62 valence electrons. The standard InChI is InChI=1S/C8H15N3/c1-6(2)8-7(4-9-3)5-10-11-8/h5-6,9H,4H2,1-3H3,(H,10,11). The third kappa shape index (κ3) is 1.80. The number of nitrogens with one attached hydrogen (secondary N) is 2. The number of aromatic amines is 1. The second kappa shape index (κ2) is 3.53. The highest BCUT2D eigenvalue weighted by atomic mass is 15.1. The third-order valence-electron chi connectivity index (χ3n) is 1.67. The molecule has 0 radical (unpaired) electrons. The van der Waals surface area contributed by atoms with Crippen LogP contribution in [0.2, 0.25) is 0 Å². The van der Waals surface area contributed by atoms with Crippen molar-refractivity contribution in [2.75, 3.05) is 7.05 Å². The van der Waals surface area contributed by atoms with Crippen molar-refractivity contribution < 1.29 is 0 Å². The Labute approximate surface area is 67.2 Å². The van der Waals surface area contributed by atoms with Gasteiger partial charge in [0.05, 0.1) is 5.69 Å². The van der Waals surface area contributed by atoms with Crippen LogP contribution in [0.15, 0.2) is 6.20 Å². The first kappa shape index (κ1) is 8.27. The average Bonchev–Trinajstić information content (AvgIpc) is 2.36. The number of rotatable bonds is 3. The van der Waals surface area contributed by atoms with Crippen molar-refractivity contribution in [1.29, 1.82) is 0 Å². The van der Waals surface area contributed by atoms with Crippen LogP contribution in [0.25, 0.3) is 0 Å². The van der Waals surface area contributed by atoms with Crippen LogP contribution in [-0.4, -0.2) is 17.2 Å². The molecule has 0 atom stereocenters. The van der Waals surface area contributed by atoms with Crippen molar-refractivity contribution in [1.82, 2.24) is 15.5 Å². The van der Waals surface area contributed by atoms with E-state index < -0.39 is 0 Å². The highest BCUT2D eigenvalue weighted by molar-refractivity contribution is 5.18. The van der Waals surface area contributed by atoms with Crippen molar-refractivity contribution in [3.8, 4) is 0 Å². The lowest BCUT2D eigenvalue weighted by Gasteiger charge is -2.03. The van der Waals surface area contributed by atoms with Gasteiger partial charge in [-0.3, -0.25) is 5.10 Å². The zero-order valence-corrected chi connectivity index (χ0v) is 7.31. The molecule has 0 saturated heterocycles. The maximum Gasteiger partial charge on any atom is 0.0692 e. The first-order valence-electron chi connectivity index (χ1n) is 3.93. The summed E-state index contributed by atoms with van der Waals surface area (Å²) in [6.45, 7) is 5.19. The van der Waals surface area contributed by atoms with Crippen LogP contribution in [-0.2, 0) is 6.54 Å². The Morgan fingerprint density at radius 3 is 2.91 bits per heavy atom. The van der Waals surface area contributed by atoms with E-state index in [2.05, 4.69) is 29.4 Å². The van der Waals surface area contributed by atoms with Crippen LogP contribution in [0.5, 0.6) is 0 Å². The molecule has 3 heteroatoms. The SMILES string of the molecule is CNCc1c[nH]nc1C(C)C. The van der Waals surface area contributed by atoms with Crippen molar-refractivity contribution in [2.45, 2.75) is 26.3 Å². The molecule has 0 aliphatic carbocycles. The van der Waals surface area contributed by atoms with Gasteiger partial charge in [-0.2, -0.15) is 5.10 Å². The van der Waals surface area contributed by atoms with Gasteiger partial charge >= 0.3 is 0 Å². The molecule has 1 heterocycles. The Hall–Kier alpha value is -0.830. The van der Waals surface area contributed by atoms with Gasteiger partial charge in [-0.25, -0.2) is 0 Å². The molecule has 0 saturated carbocycles. The van der Waals surface area contributed by atoms with Crippen LogP contribution in [0.3, 0.4) is 0 Å². The highest BCUT2D eigenvalue weighted by Gasteiger charge is 2.07. The maximum atomic E-state index is 4.17. The van der Waals surface area contributed by atoms with Gasteiger partial charge in [0.15, 0.2) is 0 Å². The van der Waals surface area contributed by atoms with Gasteiger partial charge in [-0.1, -0.05) is 13.8 Å². The Balaban J connectivity index is 2.78. The summed E-state index contributed by atoms with van der Waals surface area (Å²) in [4.78, 5) is 0. The zero-order valence-electron chi connectivity index (χ0n) is 7.31. The molecular weight excluding hydrogens is 138 g/mol. The van der Waals surface area contributed by atoms with Gasteiger partial charge < -0.3 is 5.32 Å². The van der Waals surface area contributed by atoms with Crippen LogP contribution in [0.1, 0.15) is 31.0 Å². The molecule has 0 aliphatic heterocycles. The molecule has 1 rings (SSSR count). The lowest BCUT2D eigenvalue weighted by atomic mass is 10.1. The Morgan fingerprint density at radius 1 is 1.64 bits per heavy atom. The fraction of sp³-hybridized carbons (Fsp3) is 0.625. The van der Waals surface area contributed by atoms with Crippen LogP contribution >= 0.6 is 0 Å². The summed E-state index contributed by atoms with van der Waals surface area (Å²) in [6, 6.07) is 0. The number of hydrogen-bond donors (Lipinski definition) is 2. The summed E-state index contributed by atoms with van der Waals surface area (Å²) in [7, 11) is 1.94. The number of H-pyrrole nitrogens is 1. The summed E-state index contributed by atoms with van der Waals surface area (Å²) in [5.74, 6) is 0.504. The molecule has 0 bridgehead atoms. The van der Waals surface area contributed by atoms with Crippen molar-refractivity contribution in [3.05, 3.63) is 17.5 Å². The fourth-order valence-electron chi connectivity index (χ4n) is 1.16. The molecule has 0 spiro atoms. The fourth-order valence-corrected chi connectivity index (χ4v) is 1.16. The minimum Gasteiger partial charge on any atom is -0.316 e. The Bertz CT molecular complexity index is 215. The van der Waals surface area contributed by atoms with Gasteiger partial charge in [0.25, 0.3) is 0 Å². The predicted octanol–water partition coefficient (Wildman–Crippen LogP) is 1.25. The highest BCUT2D eigenvalue weighted by Crippen LogP contribution is 2.15. The van der Waals surface area contributed by atoms with Gasteiger partial charge in [0.2, 0.25) is 0 Å².